The molecule has 0 radical (unpaired) electrons. The van der Waals surface area contributed by atoms with E-state index in [0.717, 1.165) is 18.4 Å². The lowest BCUT2D eigenvalue weighted by atomic mass is 9.98. The van der Waals surface area contributed by atoms with Gasteiger partial charge in [0.25, 0.3) is 0 Å². The Morgan fingerprint density at radius 2 is 1.80 bits per heavy atom. The van der Waals surface area contributed by atoms with Crippen LogP contribution in [0.15, 0.2) is 30.3 Å². The maximum atomic E-state index is 12.5. The second-order valence-electron chi connectivity index (χ2n) is 7.77. The van der Waals surface area contributed by atoms with Crippen molar-refractivity contribution in [2.24, 2.45) is 5.92 Å². The molecule has 140 valence electrons. The smallest absolute Gasteiger partial charge is 0.410 e. The summed E-state index contributed by atoms with van der Waals surface area (Å²) in [4.78, 5) is 26.3. The van der Waals surface area contributed by atoms with Crippen molar-refractivity contribution in [1.29, 1.82) is 0 Å². The van der Waals surface area contributed by atoms with Gasteiger partial charge in [-0.3, -0.25) is 4.79 Å². The number of hydrogen-bond donors (Lipinski definition) is 0. The van der Waals surface area contributed by atoms with Gasteiger partial charge in [0.2, 0.25) is 0 Å². The van der Waals surface area contributed by atoms with E-state index in [9.17, 15) is 9.59 Å². The van der Waals surface area contributed by atoms with Crippen LogP contribution >= 0.6 is 0 Å². The molecule has 4 heteroatoms. The van der Waals surface area contributed by atoms with Gasteiger partial charge in [-0.15, -0.1) is 0 Å². The Bertz CT molecular complexity index is 534. The predicted octanol–water partition coefficient (Wildman–Crippen LogP) is 5.21. The van der Waals surface area contributed by atoms with Crippen LogP contribution in [0.1, 0.15) is 65.9 Å². The zero-order valence-electron chi connectivity index (χ0n) is 16.4. The normalized spacial score (nSPS) is 12.5. The number of ether oxygens (including phenoxy) is 1. The van der Waals surface area contributed by atoms with Gasteiger partial charge in [-0.25, -0.2) is 4.79 Å². The van der Waals surface area contributed by atoms with Gasteiger partial charge in [-0.1, -0.05) is 57.0 Å². The van der Waals surface area contributed by atoms with Crippen LogP contribution in [0.2, 0.25) is 0 Å². The summed E-state index contributed by atoms with van der Waals surface area (Å²) in [5.74, 6) is 0.615. The van der Waals surface area contributed by atoms with Crippen molar-refractivity contribution in [2.45, 2.75) is 72.4 Å². The highest BCUT2D eigenvalue weighted by Gasteiger charge is 2.23. The molecule has 0 heterocycles. The maximum absolute atomic E-state index is 12.5. The van der Waals surface area contributed by atoms with Gasteiger partial charge in [0.05, 0.1) is 0 Å². The minimum atomic E-state index is -0.550. The second kappa shape index (κ2) is 10.2. The van der Waals surface area contributed by atoms with Crippen LogP contribution < -0.4 is 0 Å². The third-order valence-electron chi connectivity index (χ3n) is 3.89. The van der Waals surface area contributed by atoms with Crippen molar-refractivity contribution < 1.29 is 14.3 Å². The fraction of sp³-hybridized carbons (Fsp3) is 0.619. The van der Waals surface area contributed by atoms with Crippen LogP contribution in [-0.2, 0) is 16.1 Å². The Morgan fingerprint density at radius 3 is 2.36 bits per heavy atom. The van der Waals surface area contributed by atoms with Crippen LogP contribution in [0.4, 0.5) is 4.79 Å². The Hall–Kier alpha value is -1.84. The number of ketones is 1. The number of carbonyl (C=O) groups is 2. The van der Waals surface area contributed by atoms with Crippen molar-refractivity contribution in [3.8, 4) is 0 Å². The molecule has 0 aliphatic rings. The molecule has 0 aliphatic heterocycles. The molecular formula is C21H33NO3. The highest BCUT2D eigenvalue weighted by Crippen LogP contribution is 2.15. The molecule has 0 aromatic heterocycles. The summed E-state index contributed by atoms with van der Waals surface area (Å²) < 4.78 is 5.50. The summed E-state index contributed by atoms with van der Waals surface area (Å²) in [7, 11) is 0. The molecule has 1 aromatic carbocycles. The zero-order valence-corrected chi connectivity index (χ0v) is 16.4. The Balaban J connectivity index is 2.67. The first-order valence-electron chi connectivity index (χ1n) is 9.24. The fourth-order valence-corrected chi connectivity index (χ4v) is 2.71. The average molecular weight is 347 g/mol. The molecule has 0 saturated heterocycles. The highest BCUT2D eigenvalue weighted by atomic mass is 16.6. The largest absolute Gasteiger partial charge is 0.444 e. The lowest BCUT2D eigenvalue weighted by Crippen LogP contribution is -2.37. The SMILES string of the molecule is CCCC(C)CC(=O)CCN(Cc1ccccc1)C(=O)OC(C)(C)C. The molecule has 1 unspecified atom stereocenters. The first-order valence-corrected chi connectivity index (χ1v) is 9.24. The van der Waals surface area contributed by atoms with Gasteiger partial charge >= 0.3 is 6.09 Å². The van der Waals surface area contributed by atoms with Crippen molar-refractivity contribution in [1.82, 2.24) is 4.90 Å². The van der Waals surface area contributed by atoms with Gasteiger partial charge in [-0.05, 0) is 32.3 Å². The van der Waals surface area contributed by atoms with E-state index in [1.165, 1.54) is 0 Å². The molecule has 0 saturated carbocycles. The van der Waals surface area contributed by atoms with Crippen molar-refractivity contribution in [3.63, 3.8) is 0 Å². The van der Waals surface area contributed by atoms with E-state index >= 15 is 0 Å². The summed E-state index contributed by atoms with van der Waals surface area (Å²) in [6, 6.07) is 9.78. The number of rotatable bonds is 9. The Labute approximate surface area is 152 Å². The van der Waals surface area contributed by atoms with E-state index in [-0.39, 0.29) is 11.9 Å². The van der Waals surface area contributed by atoms with E-state index in [1.807, 2.05) is 51.1 Å². The number of carbonyl (C=O) groups excluding carboxylic acids is 2. The summed E-state index contributed by atoms with van der Waals surface area (Å²) in [6.45, 7) is 10.6. The lowest BCUT2D eigenvalue weighted by Gasteiger charge is -2.27. The molecule has 0 fully saturated rings. The number of benzene rings is 1. The highest BCUT2D eigenvalue weighted by molar-refractivity contribution is 5.79. The molecule has 0 bridgehead atoms. The standard InChI is InChI=1S/C21H33NO3/c1-6-10-17(2)15-19(23)13-14-22(20(24)25-21(3,4)5)16-18-11-8-7-9-12-18/h7-9,11-12,17H,6,10,13-16H2,1-5H3. The molecule has 1 amide bonds. The van der Waals surface area contributed by atoms with Gasteiger partial charge in [-0.2, -0.15) is 0 Å². The van der Waals surface area contributed by atoms with Crippen molar-refractivity contribution in [3.05, 3.63) is 35.9 Å². The summed E-state index contributed by atoms with van der Waals surface area (Å²) in [6.07, 6.45) is 2.74. The van der Waals surface area contributed by atoms with Crippen molar-refractivity contribution in [2.75, 3.05) is 6.54 Å². The first kappa shape index (κ1) is 21.2. The number of amides is 1. The lowest BCUT2D eigenvalue weighted by molar-refractivity contribution is -0.120. The second-order valence-corrected chi connectivity index (χ2v) is 7.77. The van der Waals surface area contributed by atoms with Gasteiger partial charge in [0.15, 0.2) is 0 Å². The molecular weight excluding hydrogens is 314 g/mol. The number of nitrogens with zero attached hydrogens (tertiary/aromatic N) is 1. The van der Waals surface area contributed by atoms with Crippen LogP contribution in [0.25, 0.3) is 0 Å². The van der Waals surface area contributed by atoms with Crippen LogP contribution in [0, 0.1) is 5.92 Å². The first-order chi connectivity index (χ1) is 11.7. The zero-order chi connectivity index (χ0) is 18.9. The quantitative estimate of drug-likeness (QED) is 0.616. The van der Waals surface area contributed by atoms with Gasteiger partial charge in [0.1, 0.15) is 11.4 Å². The predicted molar refractivity (Wildman–Crippen MR) is 101 cm³/mol. The van der Waals surface area contributed by atoms with Crippen molar-refractivity contribution >= 4 is 11.9 Å². The summed E-state index contributed by atoms with van der Waals surface area (Å²) >= 11 is 0. The fourth-order valence-electron chi connectivity index (χ4n) is 2.71. The monoisotopic (exact) mass is 347 g/mol. The molecule has 1 atom stereocenters. The molecule has 0 N–H and O–H groups in total. The van der Waals surface area contributed by atoms with Crippen LogP contribution in [-0.4, -0.2) is 28.9 Å². The molecule has 1 aromatic rings. The number of Topliss-reactive ketones (excluding diaryl/α,β-unsaturated/α-hetero) is 1. The van der Waals surface area contributed by atoms with Gasteiger partial charge < -0.3 is 9.64 Å². The molecule has 0 aliphatic carbocycles. The van der Waals surface area contributed by atoms with E-state index in [0.29, 0.717) is 31.8 Å². The van der Waals surface area contributed by atoms with Gasteiger partial charge in [0, 0.05) is 25.9 Å². The Kier molecular flexibility index (Phi) is 8.67. The molecule has 0 spiro atoms. The average Bonchev–Trinajstić information content (AvgIpc) is 2.50. The maximum Gasteiger partial charge on any atom is 0.410 e. The minimum Gasteiger partial charge on any atom is -0.444 e. The molecule has 4 nitrogen and oxygen atoms in total. The minimum absolute atomic E-state index is 0.211. The Morgan fingerprint density at radius 1 is 1.16 bits per heavy atom. The van der Waals surface area contributed by atoms with E-state index in [1.54, 1.807) is 4.90 Å². The van der Waals surface area contributed by atoms with E-state index in [4.69, 9.17) is 4.74 Å². The molecule has 25 heavy (non-hydrogen) atoms. The summed E-state index contributed by atoms with van der Waals surface area (Å²) in [5, 5.41) is 0. The molecule has 1 rings (SSSR count). The number of hydrogen-bond acceptors (Lipinski definition) is 3. The van der Waals surface area contributed by atoms with Crippen LogP contribution in [0.3, 0.4) is 0 Å². The third kappa shape index (κ3) is 9.28. The van der Waals surface area contributed by atoms with Crippen LogP contribution in [0.5, 0.6) is 0 Å². The van der Waals surface area contributed by atoms with E-state index < -0.39 is 5.60 Å². The van der Waals surface area contributed by atoms with E-state index in [2.05, 4.69) is 13.8 Å². The third-order valence-corrected chi connectivity index (χ3v) is 3.89. The topological polar surface area (TPSA) is 46.6 Å². The summed E-state index contributed by atoms with van der Waals surface area (Å²) in [5.41, 5.74) is 0.478.